The van der Waals surface area contributed by atoms with Crippen molar-refractivity contribution in [3.8, 4) is 11.5 Å². The van der Waals surface area contributed by atoms with Crippen molar-refractivity contribution < 1.29 is 40.6 Å². The van der Waals surface area contributed by atoms with E-state index in [4.69, 9.17) is 4.74 Å². The normalized spacial score (nSPS) is 15.1. The van der Waals surface area contributed by atoms with Gasteiger partial charge in [0.15, 0.2) is 11.5 Å². The number of rotatable bonds is 10. The number of phenolic OH excluding ortho intramolecular Hbond substituents is 1. The Labute approximate surface area is 253 Å². The van der Waals surface area contributed by atoms with Crippen LogP contribution < -0.4 is 19.7 Å². The summed E-state index contributed by atoms with van der Waals surface area (Å²) in [6.45, 7) is 2.98. The van der Waals surface area contributed by atoms with Gasteiger partial charge in [-0.1, -0.05) is 25.1 Å². The number of piperidine rings is 1. The van der Waals surface area contributed by atoms with E-state index >= 15 is 0 Å². The lowest BCUT2D eigenvalue weighted by molar-refractivity contribution is -0.141. The van der Waals surface area contributed by atoms with E-state index in [0.717, 1.165) is 31.2 Å². The molecule has 4 rings (SSSR count). The second-order valence-corrected chi connectivity index (χ2v) is 12.7. The van der Waals surface area contributed by atoms with Gasteiger partial charge in [0.2, 0.25) is 15.9 Å². The van der Waals surface area contributed by atoms with Crippen molar-refractivity contribution in [2.45, 2.75) is 44.8 Å². The van der Waals surface area contributed by atoms with Gasteiger partial charge in [-0.15, -0.1) is 0 Å². The molecule has 0 aliphatic carbocycles. The van der Waals surface area contributed by atoms with Crippen LogP contribution >= 0.6 is 0 Å². The van der Waals surface area contributed by atoms with Crippen LogP contribution in [0.3, 0.4) is 0 Å². The molecule has 0 saturated carbocycles. The Balaban J connectivity index is 1.65. The lowest BCUT2D eigenvalue weighted by Crippen LogP contribution is -2.36. The number of carbonyl (C=O) groups excluding carboxylic acids is 1. The molecule has 9 nitrogen and oxygen atoms in total. The number of carbonyl (C=O) groups is 1. The third kappa shape index (κ3) is 8.30. The topological polar surface area (TPSA) is 121 Å². The Kier molecular flexibility index (Phi) is 9.91. The van der Waals surface area contributed by atoms with Crippen LogP contribution in [0.5, 0.6) is 11.5 Å². The van der Waals surface area contributed by atoms with Crippen LogP contribution in [0.1, 0.15) is 48.1 Å². The van der Waals surface area contributed by atoms with Crippen molar-refractivity contribution in [2.75, 3.05) is 36.1 Å². The van der Waals surface area contributed by atoms with Crippen molar-refractivity contribution in [2.24, 2.45) is 5.92 Å². The van der Waals surface area contributed by atoms with Gasteiger partial charge in [0.05, 0.1) is 25.0 Å². The summed E-state index contributed by atoms with van der Waals surface area (Å²) in [6, 6.07) is 10.3. The van der Waals surface area contributed by atoms with Crippen LogP contribution in [0.4, 0.5) is 29.1 Å². The number of nitrogens with one attached hydrogen (secondary N) is 2. The average molecular weight is 639 g/mol. The maximum atomic E-state index is 15.0. The number of amides is 1. The molecule has 3 N–H and O–H groups in total. The van der Waals surface area contributed by atoms with Gasteiger partial charge >= 0.3 is 6.18 Å². The number of sulfonamides is 1. The molecule has 44 heavy (non-hydrogen) atoms. The van der Waals surface area contributed by atoms with Gasteiger partial charge in [0.25, 0.3) is 0 Å². The zero-order chi connectivity index (χ0) is 32.2. The molecule has 1 atom stereocenters. The number of halogens is 4. The third-order valence-corrected chi connectivity index (χ3v) is 8.06. The number of methoxy groups -OCH3 is 1. The monoisotopic (exact) mass is 638 g/mol. The number of benzene rings is 2. The number of alkyl halides is 3. The van der Waals surface area contributed by atoms with Crippen LogP contribution in [0.25, 0.3) is 0 Å². The minimum absolute atomic E-state index is 0.0307. The highest BCUT2D eigenvalue weighted by molar-refractivity contribution is 7.92. The van der Waals surface area contributed by atoms with Crippen molar-refractivity contribution in [3.05, 3.63) is 76.7 Å². The Bertz CT molecular complexity index is 1610. The highest BCUT2D eigenvalue weighted by atomic mass is 32.2. The highest BCUT2D eigenvalue weighted by Gasteiger charge is 2.34. The summed E-state index contributed by atoms with van der Waals surface area (Å²) in [7, 11) is -2.40. The quantitative estimate of drug-likeness (QED) is 0.261. The molecule has 2 heterocycles. The minimum Gasteiger partial charge on any atom is -0.504 e. The minimum atomic E-state index is -4.64. The molecule has 1 amide bonds. The van der Waals surface area contributed by atoms with Gasteiger partial charge in [-0.05, 0) is 66.6 Å². The number of hydrogen-bond donors (Lipinski definition) is 3. The van der Waals surface area contributed by atoms with Crippen molar-refractivity contribution >= 4 is 27.4 Å². The van der Waals surface area contributed by atoms with E-state index < -0.39 is 39.5 Å². The second-order valence-electron chi connectivity index (χ2n) is 10.9. The Hall–Kier alpha value is -4.07. The fourth-order valence-electron chi connectivity index (χ4n) is 5.05. The lowest BCUT2D eigenvalue weighted by atomic mass is 9.90. The second kappa shape index (κ2) is 13.3. The van der Waals surface area contributed by atoms with Crippen molar-refractivity contribution in [1.29, 1.82) is 0 Å². The smallest absolute Gasteiger partial charge is 0.433 e. The molecular formula is C30H34F4N4O5S. The van der Waals surface area contributed by atoms with Crippen LogP contribution in [0.2, 0.25) is 0 Å². The molecule has 1 aliphatic rings. The standard InChI is InChI=1S/C30H34F4N4O5S/c1-18-10-12-38(13-11-18)28-21(6-9-27(36-28)30(32,33)34)17-35-29(40)22(14-19-4-8-25(39)26(15-19)43-2)20-5-7-24(23(31)16-20)37-44(3,41)42/h4-9,15-16,18,22,37,39H,10-14,17H2,1-3H3,(H,35,40). The molecule has 2 aromatic carbocycles. The van der Waals surface area contributed by atoms with Gasteiger partial charge < -0.3 is 20.1 Å². The van der Waals surface area contributed by atoms with E-state index in [-0.39, 0.29) is 41.5 Å². The Morgan fingerprint density at radius 2 is 1.84 bits per heavy atom. The first-order valence-corrected chi connectivity index (χ1v) is 15.8. The number of aromatic nitrogens is 1. The summed E-state index contributed by atoms with van der Waals surface area (Å²) in [6.07, 6.45) is -2.15. The molecule has 1 aliphatic heterocycles. The molecule has 0 spiro atoms. The molecule has 0 radical (unpaired) electrons. The zero-order valence-electron chi connectivity index (χ0n) is 24.4. The van der Waals surface area contributed by atoms with Crippen molar-refractivity contribution in [3.63, 3.8) is 0 Å². The van der Waals surface area contributed by atoms with Crippen molar-refractivity contribution in [1.82, 2.24) is 10.3 Å². The molecule has 1 saturated heterocycles. The van der Waals surface area contributed by atoms with Gasteiger partial charge in [-0.3, -0.25) is 9.52 Å². The molecule has 1 fully saturated rings. The molecule has 0 bridgehead atoms. The first-order chi connectivity index (χ1) is 20.6. The molecule has 238 valence electrons. The van der Waals surface area contributed by atoms with E-state index in [1.165, 1.54) is 37.4 Å². The van der Waals surface area contributed by atoms with E-state index in [1.54, 1.807) is 11.0 Å². The Morgan fingerprint density at radius 1 is 1.14 bits per heavy atom. The van der Waals surface area contributed by atoms with E-state index in [1.807, 2.05) is 0 Å². The van der Waals surface area contributed by atoms with E-state index in [2.05, 4.69) is 21.9 Å². The largest absolute Gasteiger partial charge is 0.504 e. The summed E-state index contributed by atoms with van der Waals surface area (Å²) in [5.41, 5.74) is -0.138. The van der Waals surface area contributed by atoms with Crippen LogP contribution in [-0.2, 0) is 34.0 Å². The van der Waals surface area contributed by atoms with E-state index in [9.17, 15) is 35.9 Å². The summed E-state index contributed by atoms with van der Waals surface area (Å²) in [5, 5.41) is 12.8. The van der Waals surface area contributed by atoms with Crippen LogP contribution in [-0.4, -0.2) is 50.9 Å². The molecule has 1 unspecified atom stereocenters. The number of hydrogen-bond acceptors (Lipinski definition) is 7. The van der Waals surface area contributed by atoms with Gasteiger partial charge in [0, 0.05) is 25.2 Å². The number of ether oxygens (including phenoxy) is 1. The fourth-order valence-corrected chi connectivity index (χ4v) is 5.62. The fraction of sp³-hybridized carbons (Fsp3) is 0.400. The van der Waals surface area contributed by atoms with E-state index in [0.29, 0.717) is 30.1 Å². The number of phenols is 1. The Morgan fingerprint density at radius 3 is 2.45 bits per heavy atom. The predicted molar refractivity (Wildman–Crippen MR) is 158 cm³/mol. The predicted octanol–water partition coefficient (Wildman–Crippen LogP) is 5.20. The molecule has 3 aromatic rings. The number of aromatic hydroxyl groups is 1. The number of nitrogens with zero attached hydrogens (tertiary/aromatic N) is 2. The summed E-state index contributed by atoms with van der Waals surface area (Å²) in [4.78, 5) is 19.4. The number of pyridine rings is 1. The first kappa shape index (κ1) is 32.8. The third-order valence-electron chi connectivity index (χ3n) is 7.47. The lowest BCUT2D eigenvalue weighted by Gasteiger charge is -2.33. The van der Waals surface area contributed by atoms with Crippen LogP contribution in [0, 0.1) is 11.7 Å². The highest BCUT2D eigenvalue weighted by Crippen LogP contribution is 2.33. The summed E-state index contributed by atoms with van der Waals surface area (Å²) >= 11 is 0. The average Bonchev–Trinajstić information content (AvgIpc) is 2.95. The maximum Gasteiger partial charge on any atom is 0.433 e. The molecule has 14 heteroatoms. The molecule has 1 aromatic heterocycles. The zero-order valence-corrected chi connectivity index (χ0v) is 25.2. The van der Waals surface area contributed by atoms with Gasteiger partial charge in [-0.2, -0.15) is 13.2 Å². The molecular weight excluding hydrogens is 604 g/mol. The number of anilines is 2. The summed E-state index contributed by atoms with van der Waals surface area (Å²) < 4.78 is 86.0. The van der Waals surface area contributed by atoms with Gasteiger partial charge in [-0.25, -0.2) is 17.8 Å². The first-order valence-electron chi connectivity index (χ1n) is 13.9. The maximum absolute atomic E-state index is 15.0. The summed E-state index contributed by atoms with van der Waals surface area (Å²) in [5.74, 6) is -1.84. The van der Waals surface area contributed by atoms with Gasteiger partial charge in [0.1, 0.15) is 17.3 Å². The van der Waals surface area contributed by atoms with Crippen LogP contribution in [0.15, 0.2) is 48.5 Å². The SMILES string of the molecule is COc1cc(CC(C(=O)NCc2ccc(C(F)(F)F)nc2N2CCC(C)CC2)c2ccc(NS(C)(=O)=O)c(F)c2)ccc1O.